The Kier molecular flexibility index (Phi) is 10.9. The summed E-state index contributed by atoms with van der Waals surface area (Å²) in [5.41, 5.74) is 1.33. The zero-order valence-corrected chi connectivity index (χ0v) is 27.9. The Balaban J connectivity index is 1.44. The first-order valence-electron chi connectivity index (χ1n) is 16.3. The number of carbonyl (C=O) groups excluding carboxylic acids is 2. The Hall–Kier alpha value is -3.84. The minimum Gasteiger partial charge on any atom is -0.497 e. The highest BCUT2D eigenvalue weighted by atomic mass is 19.4. The molecule has 0 aliphatic carbocycles. The Morgan fingerprint density at radius 2 is 1.62 bits per heavy atom. The number of aliphatic carboxylic acids is 1. The van der Waals surface area contributed by atoms with Crippen molar-refractivity contribution in [2.45, 2.75) is 30.9 Å². The van der Waals surface area contributed by atoms with Gasteiger partial charge in [-0.2, -0.15) is 13.2 Å². The molecule has 5 rings (SSSR count). The number of carboxylic acids is 1. The summed E-state index contributed by atoms with van der Waals surface area (Å²) in [6.45, 7) is 2.75. The van der Waals surface area contributed by atoms with Crippen LogP contribution in [0.25, 0.3) is 0 Å². The average Bonchev–Trinajstić information content (AvgIpc) is 3.68. The van der Waals surface area contributed by atoms with E-state index in [1.165, 1.54) is 17.0 Å². The number of ether oxygens (including phenoxy) is 2. The van der Waals surface area contributed by atoms with Crippen LogP contribution in [-0.4, -0.2) is 118 Å². The number of nitrogens with zero attached hydrogens (tertiary/aromatic N) is 4. The third kappa shape index (κ3) is 7.72. The van der Waals surface area contributed by atoms with E-state index in [-0.39, 0.29) is 36.1 Å². The van der Waals surface area contributed by atoms with Gasteiger partial charge in [0.2, 0.25) is 11.8 Å². The summed E-state index contributed by atoms with van der Waals surface area (Å²) in [5, 5.41) is 9.49. The minimum atomic E-state index is -4.55. The number of carboxylic acid groups (broad SMARTS) is 1. The largest absolute Gasteiger partial charge is 0.497 e. The van der Waals surface area contributed by atoms with E-state index in [1.807, 2.05) is 39.0 Å². The first kappa shape index (κ1) is 35.5. The number of likely N-dealkylation sites (N-methyl/N-ethyl adjacent to an activating group) is 1. The van der Waals surface area contributed by atoms with Crippen LogP contribution in [0, 0.1) is 17.8 Å². The number of hydrogen-bond donors (Lipinski definition) is 1. The molecule has 48 heavy (non-hydrogen) atoms. The molecule has 13 heteroatoms. The van der Waals surface area contributed by atoms with Gasteiger partial charge < -0.3 is 29.3 Å². The first-order chi connectivity index (χ1) is 22.8. The van der Waals surface area contributed by atoms with Crippen LogP contribution in [0.5, 0.6) is 5.75 Å². The van der Waals surface area contributed by atoms with Crippen molar-refractivity contribution >= 4 is 23.5 Å². The second kappa shape index (κ2) is 14.7. The molecule has 3 saturated heterocycles. The van der Waals surface area contributed by atoms with Gasteiger partial charge >= 0.3 is 12.1 Å². The highest BCUT2D eigenvalue weighted by molar-refractivity contribution is 5.82. The third-order valence-electron chi connectivity index (χ3n) is 10.2. The van der Waals surface area contributed by atoms with E-state index >= 15 is 0 Å². The molecular formula is C35H45F3N4O6. The second-order valence-electron chi connectivity index (χ2n) is 13.4. The van der Waals surface area contributed by atoms with Crippen molar-refractivity contribution in [3.63, 3.8) is 0 Å². The van der Waals surface area contributed by atoms with Gasteiger partial charge in [-0.25, -0.2) is 0 Å². The van der Waals surface area contributed by atoms with Crippen molar-refractivity contribution in [2.75, 3.05) is 85.6 Å². The normalized spacial score (nSPS) is 23.8. The lowest BCUT2D eigenvalue weighted by Crippen LogP contribution is -2.39. The quantitative estimate of drug-likeness (QED) is 0.404. The topological polar surface area (TPSA) is 103 Å². The maximum atomic E-state index is 14.4. The SMILES string of the molecule is COC[C@H]1CN(C(=O)[C@@H]2CN(CC(=O)N(C)C)C[C@H]2c2ccc(OC)cc2)C[C@@H]1c1ccc(C(F)(F)F)cc1N1CCC(C(=O)O)CC1. The van der Waals surface area contributed by atoms with Crippen LogP contribution in [0.4, 0.5) is 18.9 Å². The number of likely N-dealkylation sites (tertiary alicyclic amines) is 2. The molecular weight excluding hydrogens is 629 g/mol. The molecule has 0 radical (unpaired) electrons. The molecule has 1 N–H and O–H groups in total. The molecule has 3 fully saturated rings. The highest BCUT2D eigenvalue weighted by Gasteiger charge is 2.45. The Morgan fingerprint density at radius 3 is 2.21 bits per heavy atom. The fraction of sp³-hybridized carbons (Fsp3) is 0.571. The van der Waals surface area contributed by atoms with E-state index in [1.54, 1.807) is 28.3 Å². The van der Waals surface area contributed by atoms with Crippen molar-refractivity contribution in [3.8, 4) is 5.75 Å². The lowest BCUT2D eigenvalue weighted by atomic mass is 9.86. The first-order valence-corrected chi connectivity index (χ1v) is 16.3. The summed E-state index contributed by atoms with van der Waals surface area (Å²) in [4.78, 5) is 45.9. The summed E-state index contributed by atoms with van der Waals surface area (Å²) in [5.74, 6) is -1.91. The van der Waals surface area contributed by atoms with Crippen LogP contribution in [-0.2, 0) is 25.3 Å². The molecule has 10 nitrogen and oxygen atoms in total. The maximum Gasteiger partial charge on any atom is 0.416 e. The van der Waals surface area contributed by atoms with Crippen LogP contribution < -0.4 is 9.64 Å². The summed E-state index contributed by atoms with van der Waals surface area (Å²) in [6, 6.07) is 11.4. The molecule has 3 aliphatic heterocycles. The molecule has 3 aliphatic rings. The maximum absolute atomic E-state index is 14.4. The van der Waals surface area contributed by atoms with Crippen LogP contribution in [0.15, 0.2) is 42.5 Å². The van der Waals surface area contributed by atoms with Crippen LogP contribution >= 0.6 is 0 Å². The van der Waals surface area contributed by atoms with Crippen LogP contribution in [0.3, 0.4) is 0 Å². The van der Waals surface area contributed by atoms with Crippen molar-refractivity contribution < 1.29 is 42.1 Å². The highest BCUT2D eigenvalue weighted by Crippen LogP contribution is 2.44. The molecule has 2 amide bonds. The monoisotopic (exact) mass is 674 g/mol. The third-order valence-corrected chi connectivity index (χ3v) is 10.2. The number of anilines is 1. The van der Waals surface area contributed by atoms with Gasteiger partial charge in [0.1, 0.15) is 5.75 Å². The molecule has 0 bridgehead atoms. The Labute approximate surface area is 279 Å². The molecule has 262 valence electrons. The predicted molar refractivity (Wildman–Crippen MR) is 173 cm³/mol. The number of benzene rings is 2. The Morgan fingerprint density at radius 1 is 0.938 bits per heavy atom. The van der Waals surface area contributed by atoms with Crippen LogP contribution in [0.1, 0.15) is 41.4 Å². The smallest absolute Gasteiger partial charge is 0.416 e. The van der Waals surface area contributed by atoms with Gasteiger partial charge in [-0.3, -0.25) is 19.3 Å². The van der Waals surface area contributed by atoms with Gasteiger partial charge in [0.25, 0.3) is 0 Å². The number of halogens is 3. The number of piperidine rings is 1. The second-order valence-corrected chi connectivity index (χ2v) is 13.4. The molecule has 3 heterocycles. The molecule has 2 aromatic carbocycles. The van der Waals surface area contributed by atoms with Gasteiger partial charge in [-0.15, -0.1) is 0 Å². The number of alkyl halides is 3. The molecule has 4 atom stereocenters. The van der Waals surface area contributed by atoms with Crippen LogP contribution in [0.2, 0.25) is 0 Å². The molecule has 0 aromatic heterocycles. The molecule has 2 aromatic rings. The lowest BCUT2D eigenvalue weighted by Gasteiger charge is -2.35. The zero-order valence-electron chi connectivity index (χ0n) is 27.9. The molecule has 0 spiro atoms. The van der Waals surface area contributed by atoms with Gasteiger partial charge in [0, 0.05) is 83.9 Å². The number of amides is 2. The lowest BCUT2D eigenvalue weighted by molar-refractivity contribution is -0.142. The summed E-state index contributed by atoms with van der Waals surface area (Å²) < 4.78 is 52.7. The van der Waals surface area contributed by atoms with E-state index < -0.39 is 29.5 Å². The van der Waals surface area contributed by atoms with Crippen molar-refractivity contribution in [3.05, 3.63) is 59.2 Å². The fourth-order valence-corrected chi connectivity index (χ4v) is 7.48. The predicted octanol–water partition coefficient (Wildman–Crippen LogP) is 4.01. The van der Waals surface area contributed by atoms with Crippen molar-refractivity contribution in [1.82, 2.24) is 14.7 Å². The molecule has 0 saturated carbocycles. The van der Waals surface area contributed by atoms with Gasteiger partial charge in [-0.05, 0) is 48.2 Å². The standard InChI is InChI=1S/C35H45F3N4O6/c1-39(2)32(43)20-40-17-28(22-5-8-26(48-4)9-6-22)30(18-40)33(44)42-16-24(21-47-3)29(19-42)27-10-7-25(35(36,37)38)15-31(27)41-13-11-23(12-14-41)34(45)46/h5-10,15,23-24,28-30H,11-14,16-21H2,1-4H3,(H,45,46)/t24-,28+,29+,30-/m1/s1. The van der Waals surface area contributed by atoms with E-state index in [0.717, 1.165) is 11.6 Å². The van der Waals surface area contributed by atoms with E-state index in [2.05, 4.69) is 0 Å². The van der Waals surface area contributed by atoms with E-state index in [0.29, 0.717) is 75.7 Å². The van der Waals surface area contributed by atoms with Crippen molar-refractivity contribution in [2.24, 2.45) is 17.8 Å². The summed E-state index contributed by atoms with van der Waals surface area (Å²) in [6.07, 6.45) is -3.87. The number of methoxy groups -OCH3 is 2. The van der Waals surface area contributed by atoms with Crippen molar-refractivity contribution in [1.29, 1.82) is 0 Å². The number of rotatable bonds is 10. The van der Waals surface area contributed by atoms with Gasteiger partial charge in [-0.1, -0.05) is 18.2 Å². The fourth-order valence-electron chi connectivity index (χ4n) is 7.48. The summed E-state index contributed by atoms with van der Waals surface area (Å²) in [7, 11) is 6.56. The van der Waals surface area contributed by atoms with E-state index in [4.69, 9.17) is 9.47 Å². The number of carbonyl (C=O) groups is 3. The minimum absolute atomic E-state index is 0.0554. The average molecular weight is 675 g/mol. The van der Waals surface area contributed by atoms with Gasteiger partial charge in [0.05, 0.1) is 37.7 Å². The Bertz CT molecular complexity index is 1460. The van der Waals surface area contributed by atoms with E-state index in [9.17, 15) is 32.7 Å². The molecule has 0 unspecified atom stereocenters. The number of hydrogen-bond acceptors (Lipinski definition) is 7. The van der Waals surface area contributed by atoms with Gasteiger partial charge in [0.15, 0.2) is 0 Å². The summed E-state index contributed by atoms with van der Waals surface area (Å²) >= 11 is 0. The zero-order chi connectivity index (χ0) is 34.7.